The van der Waals surface area contributed by atoms with Crippen LogP contribution in [0.2, 0.25) is 5.02 Å². The predicted octanol–water partition coefficient (Wildman–Crippen LogP) is 3.70. The quantitative estimate of drug-likeness (QED) is 0.900. The normalized spacial score (nSPS) is 15.9. The molecule has 5 heteroatoms. The van der Waals surface area contributed by atoms with Crippen molar-refractivity contribution in [2.24, 2.45) is 0 Å². The Morgan fingerprint density at radius 2 is 2.10 bits per heavy atom. The Labute approximate surface area is 123 Å². The summed E-state index contributed by atoms with van der Waals surface area (Å²) in [5.74, 6) is -0.00828. The molecule has 2 rings (SSSR count). The number of halogens is 2. The topological polar surface area (TPSA) is 38.3 Å². The molecule has 1 amide bonds. The molecule has 0 radical (unpaired) electrons. The van der Waals surface area contributed by atoms with Crippen molar-refractivity contribution in [3.8, 4) is 5.75 Å². The van der Waals surface area contributed by atoms with E-state index >= 15 is 0 Å². The van der Waals surface area contributed by atoms with Crippen LogP contribution in [-0.4, -0.2) is 18.6 Å². The fourth-order valence-corrected chi connectivity index (χ4v) is 2.61. The van der Waals surface area contributed by atoms with E-state index in [1.807, 2.05) is 0 Å². The van der Waals surface area contributed by atoms with Gasteiger partial charge in [-0.1, -0.05) is 30.9 Å². The maximum atomic E-state index is 12.9. The molecule has 1 saturated carbocycles. The van der Waals surface area contributed by atoms with Gasteiger partial charge in [-0.25, -0.2) is 4.39 Å². The maximum Gasteiger partial charge on any atom is 0.223 e. The van der Waals surface area contributed by atoms with Crippen molar-refractivity contribution >= 4 is 17.5 Å². The molecule has 1 aliphatic rings. The number of ether oxygens (including phenoxy) is 1. The maximum absolute atomic E-state index is 12.9. The van der Waals surface area contributed by atoms with Gasteiger partial charge in [0.2, 0.25) is 5.91 Å². The number of amides is 1. The second-order valence-electron chi connectivity index (χ2n) is 5.08. The SMILES string of the molecule is O=C(CCOc1ccc(F)cc1Cl)NC1CCCCC1. The Kier molecular flexibility index (Phi) is 5.65. The molecule has 1 aromatic rings. The molecule has 0 heterocycles. The molecule has 1 aromatic carbocycles. The van der Waals surface area contributed by atoms with Crippen LogP contribution < -0.4 is 10.1 Å². The Bertz CT molecular complexity index is 461. The lowest BCUT2D eigenvalue weighted by molar-refractivity contribution is -0.122. The molecule has 1 fully saturated rings. The van der Waals surface area contributed by atoms with Gasteiger partial charge < -0.3 is 10.1 Å². The van der Waals surface area contributed by atoms with Crippen molar-refractivity contribution < 1.29 is 13.9 Å². The Morgan fingerprint density at radius 1 is 1.35 bits per heavy atom. The lowest BCUT2D eigenvalue weighted by atomic mass is 9.95. The number of carbonyl (C=O) groups is 1. The van der Waals surface area contributed by atoms with Crippen LogP contribution in [0.4, 0.5) is 4.39 Å². The Balaban J connectivity index is 1.70. The third-order valence-electron chi connectivity index (χ3n) is 3.45. The van der Waals surface area contributed by atoms with Crippen LogP contribution in [0.15, 0.2) is 18.2 Å². The molecular formula is C15H19ClFNO2. The van der Waals surface area contributed by atoms with E-state index in [-0.39, 0.29) is 24.0 Å². The number of rotatable bonds is 5. The van der Waals surface area contributed by atoms with Crippen molar-refractivity contribution in [3.05, 3.63) is 29.0 Å². The summed E-state index contributed by atoms with van der Waals surface area (Å²) in [7, 11) is 0. The van der Waals surface area contributed by atoms with Crippen molar-refractivity contribution in [1.82, 2.24) is 5.32 Å². The highest BCUT2D eigenvalue weighted by molar-refractivity contribution is 6.32. The molecule has 0 unspecified atom stereocenters. The average Bonchev–Trinajstić information content (AvgIpc) is 2.42. The highest BCUT2D eigenvalue weighted by Gasteiger charge is 2.15. The van der Waals surface area contributed by atoms with E-state index in [1.165, 1.54) is 37.5 Å². The molecule has 0 saturated heterocycles. The zero-order valence-electron chi connectivity index (χ0n) is 11.3. The van der Waals surface area contributed by atoms with Gasteiger partial charge in [-0.3, -0.25) is 4.79 Å². The molecule has 1 aliphatic carbocycles. The van der Waals surface area contributed by atoms with E-state index in [2.05, 4.69) is 5.32 Å². The van der Waals surface area contributed by atoms with Crippen molar-refractivity contribution in [1.29, 1.82) is 0 Å². The third-order valence-corrected chi connectivity index (χ3v) is 3.75. The van der Waals surface area contributed by atoms with E-state index in [0.29, 0.717) is 11.8 Å². The van der Waals surface area contributed by atoms with Gasteiger partial charge in [0, 0.05) is 6.04 Å². The molecule has 0 spiro atoms. The molecule has 0 aliphatic heterocycles. The van der Waals surface area contributed by atoms with Gasteiger partial charge in [0.25, 0.3) is 0 Å². The largest absolute Gasteiger partial charge is 0.491 e. The molecular weight excluding hydrogens is 281 g/mol. The molecule has 1 N–H and O–H groups in total. The summed E-state index contributed by atoms with van der Waals surface area (Å²) in [4.78, 5) is 11.8. The van der Waals surface area contributed by atoms with Crippen molar-refractivity contribution in [3.63, 3.8) is 0 Å². The van der Waals surface area contributed by atoms with Crippen LogP contribution in [-0.2, 0) is 4.79 Å². The van der Waals surface area contributed by atoms with Gasteiger partial charge in [-0.2, -0.15) is 0 Å². The van der Waals surface area contributed by atoms with E-state index < -0.39 is 5.82 Å². The van der Waals surface area contributed by atoms with Crippen LogP contribution in [0.1, 0.15) is 38.5 Å². The number of benzene rings is 1. The van der Waals surface area contributed by atoms with Gasteiger partial charge in [-0.15, -0.1) is 0 Å². The molecule has 0 bridgehead atoms. The number of hydrogen-bond acceptors (Lipinski definition) is 2. The van der Waals surface area contributed by atoms with Gasteiger partial charge in [-0.05, 0) is 31.0 Å². The standard InChI is InChI=1S/C15H19ClFNO2/c16-13-10-11(17)6-7-14(13)20-9-8-15(19)18-12-4-2-1-3-5-12/h6-7,10,12H,1-5,8-9H2,(H,18,19). The van der Waals surface area contributed by atoms with Gasteiger partial charge in [0.1, 0.15) is 11.6 Å². The van der Waals surface area contributed by atoms with Gasteiger partial charge in [0.05, 0.1) is 18.1 Å². The highest BCUT2D eigenvalue weighted by Crippen LogP contribution is 2.24. The summed E-state index contributed by atoms with van der Waals surface area (Å²) in [6.45, 7) is 0.240. The molecule has 110 valence electrons. The first-order valence-corrected chi connectivity index (χ1v) is 7.40. The van der Waals surface area contributed by atoms with Crippen molar-refractivity contribution in [2.45, 2.75) is 44.6 Å². The smallest absolute Gasteiger partial charge is 0.223 e. The fourth-order valence-electron chi connectivity index (χ4n) is 2.39. The van der Waals surface area contributed by atoms with E-state index in [9.17, 15) is 9.18 Å². The van der Waals surface area contributed by atoms with Crippen molar-refractivity contribution in [2.75, 3.05) is 6.61 Å². The summed E-state index contributed by atoms with van der Waals surface area (Å²) in [6.07, 6.45) is 6.05. The molecule has 0 atom stereocenters. The summed E-state index contributed by atoms with van der Waals surface area (Å²) in [5.41, 5.74) is 0. The number of carbonyl (C=O) groups excluding carboxylic acids is 1. The van der Waals surface area contributed by atoms with Crippen LogP contribution in [0.25, 0.3) is 0 Å². The molecule has 3 nitrogen and oxygen atoms in total. The monoisotopic (exact) mass is 299 g/mol. The second kappa shape index (κ2) is 7.48. The predicted molar refractivity (Wildman–Crippen MR) is 76.5 cm³/mol. The van der Waals surface area contributed by atoms with E-state index in [1.54, 1.807) is 0 Å². The van der Waals surface area contributed by atoms with Crippen LogP contribution in [0, 0.1) is 5.82 Å². The fraction of sp³-hybridized carbons (Fsp3) is 0.533. The molecule has 0 aromatic heterocycles. The van der Waals surface area contributed by atoms with E-state index in [0.717, 1.165) is 12.8 Å². The second-order valence-corrected chi connectivity index (χ2v) is 5.48. The van der Waals surface area contributed by atoms with Crippen LogP contribution >= 0.6 is 11.6 Å². The van der Waals surface area contributed by atoms with Crippen LogP contribution in [0.5, 0.6) is 5.75 Å². The molecule has 20 heavy (non-hydrogen) atoms. The zero-order valence-corrected chi connectivity index (χ0v) is 12.1. The summed E-state index contributed by atoms with van der Waals surface area (Å²) in [5, 5.41) is 3.24. The summed E-state index contributed by atoms with van der Waals surface area (Å²) >= 11 is 5.83. The number of hydrogen-bond donors (Lipinski definition) is 1. The number of nitrogens with one attached hydrogen (secondary N) is 1. The summed E-state index contributed by atoms with van der Waals surface area (Å²) in [6, 6.07) is 4.25. The minimum atomic E-state index is -0.405. The van der Waals surface area contributed by atoms with E-state index in [4.69, 9.17) is 16.3 Å². The Hall–Kier alpha value is -1.29. The highest BCUT2D eigenvalue weighted by atomic mass is 35.5. The Morgan fingerprint density at radius 3 is 2.80 bits per heavy atom. The zero-order chi connectivity index (χ0) is 14.4. The first-order chi connectivity index (χ1) is 9.65. The van der Waals surface area contributed by atoms with Crippen LogP contribution in [0.3, 0.4) is 0 Å². The lowest BCUT2D eigenvalue weighted by Gasteiger charge is -2.22. The average molecular weight is 300 g/mol. The first kappa shape index (κ1) is 15.1. The third kappa shape index (κ3) is 4.67. The lowest BCUT2D eigenvalue weighted by Crippen LogP contribution is -2.36. The van der Waals surface area contributed by atoms with Gasteiger partial charge in [0.15, 0.2) is 0 Å². The van der Waals surface area contributed by atoms with Gasteiger partial charge >= 0.3 is 0 Å². The minimum absolute atomic E-state index is 0.00451. The summed E-state index contributed by atoms with van der Waals surface area (Å²) < 4.78 is 18.2. The first-order valence-electron chi connectivity index (χ1n) is 7.02. The minimum Gasteiger partial charge on any atom is -0.491 e.